The highest BCUT2D eigenvalue weighted by Crippen LogP contribution is 2.19. The summed E-state index contributed by atoms with van der Waals surface area (Å²) in [5.74, 6) is 1.45. The Morgan fingerprint density at radius 1 is 1.09 bits per heavy atom. The van der Waals surface area contributed by atoms with Crippen LogP contribution < -0.4 is 10.6 Å². The summed E-state index contributed by atoms with van der Waals surface area (Å²) in [7, 11) is 1.81. The molecule has 0 amide bonds. The standard InChI is InChI=1S/C26H33N5O.HI/c1-19-7-9-22(10-8-19)25-29-24(18-32-25)16-28-26(27-3)30-23-11-13-31(14-12-23)17-21-6-4-5-20(2)15-21;/h4-10,15,18,23H,11-14,16-17H2,1-3H3,(H2,27,28,30);1H. The van der Waals surface area contributed by atoms with Crippen molar-refractivity contribution in [2.75, 3.05) is 20.1 Å². The van der Waals surface area contributed by atoms with Crippen molar-refractivity contribution < 1.29 is 4.42 Å². The smallest absolute Gasteiger partial charge is 0.226 e. The molecule has 0 unspecified atom stereocenters. The number of nitrogens with zero attached hydrogens (tertiary/aromatic N) is 3. The fraction of sp³-hybridized carbons (Fsp3) is 0.385. The van der Waals surface area contributed by atoms with Gasteiger partial charge in [-0.25, -0.2) is 4.98 Å². The van der Waals surface area contributed by atoms with Gasteiger partial charge in [-0.2, -0.15) is 0 Å². The first-order valence-electron chi connectivity index (χ1n) is 11.4. The Morgan fingerprint density at radius 2 is 1.85 bits per heavy atom. The summed E-state index contributed by atoms with van der Waals surface area (Å²) >= 11 is 0. The number of halogens is 1. The Balaban J connectivity index is 0.00000306. The fourth-order valence-corrected chi connectivity index (χ4v) is 4.08. The van der Waals surface area contributed by atoms with E-state index in [0.29, 0.717) is 18.5 Å². The van der Waals surface area contributed by atoms with E-state index in [1.807, 2.05) is 19.2 Å². The summed E-state index contributed by atoms with van der Waals surface area (Å²) in [5.41, 5.74) is 5.79. The number of nitrogens with one attached hydrogen (secondary N) is 2. The largest absolute Gasteiger partial charge is 0.444 e. The summed E-state index contributed by atoms with van der Waals surface area (Å²) < 4.78 is 5.66. The van der Waals surface area contributed by atoms with Crippen LogP contribution in [0.5, 0.6) is 0 Å². The molecule has 33 heavy (non-hydrogen) atoms. The SMILES string of the molecule is CN=C(NCc1coc(-c2ccc(C)cc2)n1)NC1CCN(Cc2cccc(C)c2)CC1.I. The summed E-state index contributed by atoms with van der Waals surface area (Å²) in [5, 5.41) is 6.93. The zero-order chi connectivity index (χ0) is 22.3. The predicted molar refractivity (Wildman–Crippen MR) is 145 cm³/mol. The zero-order valence-corrected chi connectivity index (χ0v) is 22.0. The third kappa shape index (κ3) is 7.30. The second kappa shape index (κ2) is 12.2. The van der Waals surface area contributed by atoms with Crippen LogP contribution in [0.25, 0.3) is 11.5 Å². The lowest BCUT2D eigenvalue weighted by Gasteiger charge is -2.33. The van der Waals surface area contributed by atoms with Crippen molar-refractivity contribution in [3.05, 3.63) is 77.2 Å². The number of benzene rings is 2. The Hall–Kier alpha value is -2.39. The molecule has 2 aromatic carbocycles. The molecule has 1 saturated heterocycles. The Kier molecular flexibility index (Phi) is 9.31. The molecule has 0 atom stereocenters. The molecule has 0 aliphatic carbocycles. The van der Waals surface area contributed by atoms with Gasteiger partial charge >= 0.3 is 0 Å². The molecule has 0 radical (unpaired) electrons. The summed E-state index contributed by atoms with van der Waals surface area (Å²) in [6, 6.07) is 17.4. The van der Waals surface area contributed by atoms with Crippen molar-refractivity contribution in [3.63, 3.8) is 0 Å². The maximum Gasteiger partial charge on any atom is 0.226 e. The highest BCUT2D eigenvalue weighted by molar-refractivity contribution is 14.0. The highest BCUT2D eigenvalue weighted by atomic mass is 127. The average Bonchev–Trinajstić information content (AvgIpc) is 3.27. The van der Waals surface area contributed by atoms with Gasteiger partial charge in [-0.3, -0.25) is 9.89 Å². The van der Waals surface area contributed by atoms with Crippen LogP contribution in [0.2, 0.25) is 0 Å². The molecule has 2 heterocycles. The van der Waals surface area contributed by atoms with Gasteiger partial charge in [-0.15, -0.1) is 24.0 Å². The Morgan fingerprint density at radius 3 is 2.55 bits per heavy atom. The second-order valence-electron chi connectivity index (χ2n) is 8.62. The number of piperidine rings is 1. The molecule has 7 heteroatoms. The van der Waals surface area contributed by atoms with Crippen molar-refractivity contribution in [1.82, 2.24) is 20.5 Å². The number of rotatable bonds is 6. The number of hydrogen-bond acceptors (Lipinski definition) is 4. The molecule has 0 bridgehead atoms. The number of hydrogen-bond donors (Lipinski definition) is 2. The number of guanidine groups is 1. The molecule has 1 aliphatic heterocycles. The van der Waals surface area contributed by atoms with Crippen LogP contribution in [-0.2, 0) is 13.1 Å². The molecule has 176 valence electrons. The van der Waals surface area contributed by atoms with Crippen LogP contribution in [0.3, 0.4) is 0 Å². The number of aryl methyl sites for hydroxylation is 2. The van der Waals surface area contributed by atoms with Crippen LogP contribution >= 0.6 is 24.0 Å². The van der Waals surface area contributed by atoms with E-state index in [-0.39, 0.29) is 24.0 Å². The maximum atomic E-state index is 5.66. The predicted octanol–water partition coefficient (Wildman–Crippen LogP) is 4.91. The van der Waals surface area contributed by atoms with Crippen molar-refractivity contribution in [2.24, 2.45) is 4.99 Å². The summed E-state index contributed by atoms with van der Waals surface area (Å²) in [4.78, 5) is 11.5. The summed E-state index contributed by atoms with van der Waals surface area (Å²) in [6.07, 6.45) is 3.92. The number of aliphatic imine (C=N–C) groups is 1. The van der Waals surface area contributed by atoms with Crippen molar-refractivity contribution in [2.45, 2.75) is 45.8 Å². The van der Waals surface area contributed by atoms with Crippen LogP contribution in [0.15, 0.2) is 64.2 Å². The monoisotopic (exact) mass is 559 g/mol. The van der Waals surface area contributed by atoms with Gasteiger partial charge in [0.1, 0.15) is 6.26 Å². The van der Waals surface area contributed by atoms with E-state index in [2.05, 4.69) is 75.8 Å². The van der Waals surface area contributed by atoms with E-state index in [4.69, 9.17) is 4.42 Å². The Bertz CT molecular complexity index is 1040. The quantitative estimate of drug-likeness (QED) is 0.256. The number of aromatic nitrogens is 1. The second-order valence-corrected chi connectivity index (χ2v) is 8.62. The minimum absolute atomic E-state index is 0. The molecule has 6 nitrogen and oxygen atoms in total. The average molecular weight is 559 g/mol. The van der Waals surface area contributed by atoms with Crippen LogP contribution in [0, 0.1) is 13.8 Å². The summed E-state index contributed by atoms with van der Waals surface area (Å²) in [6.45, 7) is 8.00. The molecule has 3 aromatic rings. The first-order valence-corrected chi connectivity index (χ1v) is 11.4. The van der Waals surface area contributed by atoms with Crippen molar-refractivity contribution in [3.8, 4) is 11.5 Å². The van der Waals surface area contributed by atoms with E-state index in [9.17, 15) is 0 Å². The van der Waals surface area contributed by atoms with Crippen molar-refractivity contribution in [1.29, 1.82) is 0 Å². The van der Waals surface area contributed by atoms with Gasteiger partial charge in [0.05, 0.1) is 12.2 Å². The molecular weight excluding hydrogens is 525 g/mol. The zero-order valence-electron chi connectivity index (χ0n) is 19.7. The minimum atomic E-state index is 0. The van der Waals surface area contributed by atoms with Gasteiger partial charge in [0, 0.05) is 38.3 Å². The Labute approximate surface area is 213 Å². The van der Waals surface area contributed by atoms with E-state index < -0.39 is 0 Å². The third-order valence-electron chi connectivity index (χ3n) is 5.93. The number of oxazole rings is 1. The molecule has 1 aliphatic rings. The molecule has 4 rings (SSSR count). The van der Waals surface area contributed by atoms with Gasteiger partial charge in [-0.1, -0.05) is 47.5 Å². The lowest BCUT2D eigenvalue weighted by molar-refractivity contribution is 0.198. The van der Waals surface area contributed by atoms with Gasteiger partial charge in [0.15, 0.2) is 5.96 Å². The first-order chi connectivity index (χ1) is 15.6. The molecule has 0 spiro atoms. The topological polar surface area (TPSA) is 65.7 Å². The maximum absolute atomic E-state index is 5.66. The van der Waals surface area contributed by atoms with Gasteiger partial charge < -0.3 is 15.1 Å². The van der Waals surface area contributed by atoms with E-state index >= 15 is 0 Å². The number of likely N-dealkylation sites (tertiary alicyclic amines) is 1. The van der Waals surface area contributed by atoms with Crippen LogP contribution in [0.1, 0.15) is 35.2 Å². The third-order valence-corrected chi connectivity index (χ3v) is 5.93. The lowest BCUT2D eigenvalue weighted by atomic mass is 10.0. The fourth-order valence-electron chi connectivity index (χ4n) is 4.08. The molecule has 1 aromatic heterocycles. The molecular formula is C26H34IN5O. The molecule has 0 saturated carbocycles. The lowest BCUT2D eigenvalue weighted by Crippen LogP contribution is -2.48. The molecule has 1 fully saturated rings. The van der Waals surface area contributed by atoms with E-state index in [1.54, 1.807) is 6.26 Å². The first kappa shape index (κ1) is 25.2. The normalized spacial score (nSPS) is 15.2. The van der Waals surface area contributed by atoms with Crippen LogP contribution in [-0.4, -0.2) is 42.0 Å². The van der Waals surface area contributed by atoms with Gasteiger partial charge in [0.2, 0.25) is 5.89 Å². The highest BCUT2D eigenvalue weighted by Gasteiger charge is 2.20. The van der Waals surface area contributed by atoms with Gasteiger partial charge in [0.25, 0.3) is 0 Å². The molecule has 2 N–H and O–H groups in total. The van der Waals surface area contributed by atoms with Gasteiger partial charge in [-0.05, 0) is 44.4 Å². The van der Waals surface area contributed by atoms with Crippen molar-refractivity contribution >= 4 is 29.9 Å². The van der Waals surface area contributed by atoms with Crippen LogP contribution in [0.4, 0.5) is 0 Å². The van der Waals surface area contributed by atoms with E-state index in [1.165, 1.54) is 16.7 Å². The van der Waals surface area contributed by atoms with E-state index in [0.717, 1.165) is 49.7 Å². The minimum Gasteiger partial charge on any atom is -0.444 e.